The van der Waals surface area contributed by atoms with Gasteiger partial charge in [0.1, 0.15) is 0 Å². The molecule has 0 bridgehead atoms. The maximum Gasteiger partial charge on any atom is 0.324 e. The van der Waals surface area contributed by atoms with Crippen molar-refractivity contribution in [2.75, 3.05) is 12.3 Å². The van der Waals surface area contributed by atoms with Crippen LogP contribution in [0.3, 0.4) is 0 Å². The summed E-state index contributed by atoms with van der Waals surface area (Å²) in [6, 6.07) is 13.6. The number of nitro groups is 1. The Kier molecular flexibility index (Phi) is 5.38. The van der Waals surface area contributed by atoms with Crippen molar-refractivity contribution < 1.29 is 4.92 Å². The number of hydrogen-bond donors (Lipinski definition) is 1. The predicted octanol–water partition coefficient (Wildman–Crippen LogP) is 3.54. The van der Waals surface area contributed by atoms with Crippen LogP contribution >= 0.6 is 23.1 Å². The molecule has 1 aromatic heterocycles. The summed E-state index contributed by atoms with van der Waals surface area (Å²) >= 11 is 3.03. The summed E-state index contributed by atoms with van der Waals surface area (Å²) in [6.07, 6.45) is 0. The first-order valence-corrected chi connectivity index (χ1v) is 7.67. The third kappa shape index (κ3) is 4.66. The summed E-state index contributed by atoms with van der Waals surface area (Å²) in [6.45, 7) is 1.57. The average Bonchev–Trinajstić information content (AvgIpc) is 2.89. The molecule has 0 aliphatic rings. The maximum absolute atomic E-state index is 10.5. The number of benzene rings is 1. The number of nitrogens with zero attached hydrogens (tertiary/aromatic N) is 1. The minimum Gasteiger partial charge on any atom is -0.311 e. The van der Waals surface area contributed by atoms with Crippen molar-refractivity contribution in [3.8, 4) is 0 Å². The molecule has 0 aliphatic carbocycles. The molecule has 19 heavy (non-hydrogen) atoms. The van der Waals surface area contributed by atoms with E-state index in [4.69, 9.17) is 0 Å². The largest absolute Gasteiger partial charge is 0.324 e. The lowest BCUT2D eigenvalue weighted by molar-refractivity contribution is -0.380. The van der Waals surface area contributed by atoms with Crippen molar-refractivity contribution in [1.29, 1.82) is 0 Å². The molecule has 0 saturated carbocycles. The quantitative estimate of drug-likeness (QED) is 0.367. The Morgan fingerprint density at radius 2 is 2.00 bits per heavy atom. The summed E-state index contributed by atoms with van der Waals surface area (Å²) in [5.41, 5.74) is 0. The van der Waals surface area contributed by atoms with Gasteiger partial charge >= 0.3 is 5.00 Å². The minimum absolute atomic E-state index is 0.204. The van der Waals surface area contributed by atoms with Gasteiger partial charge in [-0.25, -0.2) is 0 Å². The van der Waals surface area contributed by atoms with Gasteiger partial charge in [-0.05, 0) is 18.2 Å². The van der Waals surface area contributed by atoms with E-state index >= 15 is 0 Å². The molecule has 1 heterocycles. The molecule has 4 nitrogen and oxygen atoms in total. The van der Waals surface area contributed by atoms with Crippen molar-refractivity contribution in [1.82, 2.24) is 5.32 Å². The molecule has 0 amide bonds. The lowest BCUT2D eigenvalue weighted by Gasteiger charge is -2.03. The fourth-order valence-corrected chi connectivity index (χ4v) is 3.15. The molecule has 2 rings (SSSR count). The summed E-state index contributed by atoms with van der Waals surface area (Å²) in [5, 5.41) is 14.0. The molecular weight excluding hydrogens is 280 g/mol. The topological polar surface area (TPSA) is 55.2 Å². The first kappa shape index (κ1) is 14.0. The third-order valence-electron chi connectivity index (χ3n) is 2.42. The van der Waals surface area contributed by atoms with E-state index in [1.165, 1.54) is 16.2 Å². The number of thiophene rings is 1. The van der Waals surface area contributed by atoms with Gasteiger partial charge in [0.2, 0.25) is 0 Å². The van der Waals surface area contributed by atoms with Crippen LogP contribution in [0, 0.1) is 10.1 Å². The first-order chi connectivity index (χ1) is 9.25. The molecule has 1 N–H and O–H groups in total. The van der Waals surface area contributed by atoms with Gasteiger partial charge < -0.3 is 5.32 Å². The van der Waals surface area contributed by atoms with Crippen molar-refractivity contribution in [2.45, 2.75) is 11.4 Å². The highest BCUT2D eigenvalue weighted by atomic mass is 32.2. The fourth-order valence-electron chi connectivity index (χ4n) is 1.53. The smallest absolute Gasteiger partial charge is 0.311 e. The van der Waals surface area contributed by atoms with E-state index in [0.717, 1.165) is 17.2 Å². The Labute approximate surface area is 120 Å². The molecule has 0 unspecified atom stereocenters. The van der Waals surface area contributed by atoms with Crippen molar-refractivity contribution >= 4 is 28.1 Å². The van der Waals surface area contributed by atoms with Crippen LogP contribution < -0.4 is 5.32 Å². The van der Waals surface area contributed by atoms with Gasteiger partial charge in [0.15, 0.2) is 0 Å². The van der Waals surface area contributed by atoms with Crippen LogP contribution in [-0.4, -0.2) is 17.2 Å². The third-order valence-corrected chi connectivity index (χ3v) is 4.47. The van der Waals surface area contributed by atoms with E-state index in [-0.39, 0.29) is 9.92 Å². The molecule has 6 heteroatoms. The van der Waals surface area contributed by atoms with Crippen LogP contribution in [0.4, 0.5) is 5.00 Å². The van der Waals surface area contributed by atoms with Crippen LogP contribution in [-0.2, 0) is 6.54 Å². The van der Waals surface area contributed by atoms with Gasteiger partial charge in [0.05, 0.1) is 4.92 Å². The Hall–Kier alpha value is -1.37. The summed E-state index contributed by atoms with van der Waals surface area (Å²) < 4.78 is 0. The van der Waals surface area contributed by atoms with E-state index in [2.05, 4.69) is 17.4 Å². The zero-order chi connectivity index (χ0) is 13.5. The van der Waals surface area contributed by atoms with E-state index in [1.54, 1.807) is 23.9 Å². The Balaban J connectivity index is 1.65. The highest BCUT2D eigenvalue weighted by molar-refractivity contribution is 7.99. The Morgan fingerprint density at radius 3 is 2.68 bits per heavy atom. The summed E-state index contributed by atoms with van der Waals surface area (Å²) in [4.78, 5) is 12.4. The SMILES string of the molecule is O=[N+]([O-])c1ccc(CNCCSc2ccccc2)s1. The van der Waals surface area contributed by atoms with Gasteiger partial charge in [-0.3, -0.25) is 10.1 Å². The summed E-state index contributed by atoms with van der Waals surface area (Å²) in [5.74, 6) is 0.984. The molecule has 100 valence electrons. The van der Waals surface area contributed by atoms with Crippen molar-refractivity contribution in [2.24, 2.45) is 0 Å². The fraction of sp³-hybridized carbons (Fsp3) is 0.231. The first-order valence-electron chi connectivity index (χ1n) is 5.87. The number of thioether (sulfide) groups is 1. The Morgan fingerprint density at radius 1 is 1.21 bits per heavy atom. The van der Waals surface area contributed by atoms with Crippen LogP contribution in [0.15, 0.2) is 47.4 Å². The van der Waals surface area contributed by atoms with Crippen LogP contribution in [0.2, 0.25) is 0 Å². The molecular formula is C13H14N2O2S2. The standard InChI is InChI=1S/C13H14N2O2S2/c16-15(17)13-7-6-12(19-13)10-14-8-9-18-11-4-2-1-3-5-11/h1-7,14H,8-10H2. The Bertz CT molecular complexity index is 528. The molecule has 1 aromatic carbocycles. The van der Waals surface area contributed by atoms with E-state index < -0.39 is 0 Å². The molecule has 0 fully saturated rings. The van der Waals surface area contributed by atoms with Gasteiger partial charge in [-0.1, -0.05) is 29.5 Å². The molecule has 2 aromatic rings. The maximum atomic E-state index is 10.5. The number of rotatable bonds is 7. The average molecular weight is 294 g/mol. The number of nitrogens with one attached hydrogen (secondary N) is 1. The highest BCUT2D eigenvalue weighted by Crippen LogP contribution is 2.23. The monoisotopic (exact) mass is 294 g/mol. The normalized spacial score (nSPS) is 10.5. The highest BCUT2D eigenvalue weighted by Gasteiger charge is 2.08. The summed E-state index contributed by atoms with van der Waals surface area (Å²) in [7, 11) is 0. The van der Waals surface area contributed by atoms with Crippen molar-refractivity contribution in [3.63, 3.8) is 0 Å². The second-order valence-electron chi connectivity index (χ2n) is 3.84. The van der Waals surface area contributed by atoms with E-state index in [9.17, 15) is 10.1 Å². The van der Waals surface area contributed by atoms with Crippen LogP contribution in [0.1, 0.15) is 4.88 Å². The lowest BCUT2D eigenvalue weighted by atomic mass is 10.4. The molecule has 0 saturated heterocycles. The zero-order valence-electron chi connectivity index (χ0n) is 10.2. The van der Waals surface area contributed by atoms with Crippen LogP contribution in [0.25, 0.3) is 0 Å². The van der Waals surface area contributed by atoms with Gasteiger partial charge in [0.25, 0.3) is 0 Å². The van der Waals surface area contributed by atoms with Gasteiger partial charge in [-0.15, -0.1) is 11.8 Å². The molecule has 0 atom stereocenters. The molecule has 0 radical (unpaired) electrons. The van der Waals surface area contributed by atoms with Gasteiger partial charge in [-0.2, -0.15) is 0 Å². The van der Waals surface area contributed by atoms with E-state index in [0.29, 0.717) is 6.54 Å². The minimum atomic E-state index is -0.348. The second-order valence-corrected chi connectivity index (χ2v) is 6.15. The zero-order valence-corrected chi connectivity index (χ0v) is 11.9. The number of hydrogen-bond acceptors (Lipinski definition) is 5. The second kappa shape index (κ2) is 7.28. The van der Waals surface area contributed by atoms with E-state index in [1.807, 2.05) is 18.2 Å². The van der Waals surface area contributed by atoms with Gasteiger partial charge in [0, 0.05) is 34.7 Å². The van der Waals surface area contributed by atoms with Crippen LogP contribution in [0.5, 0.6) is 0 Å². The molecule has 0 spiro atoms. The predicted molar refractivity (Wildman–Crippen MR) is 79.8 cm³/mol. The van der Waals surface area contributed by atoms with Crippen molar-refractivity contribution in [3.05, 3.63) is 57.5 Å². The molecule has 0 aliphatic heterocycles. The lowest BCUT2D eigenvalue weighted by Crippen LogP contribution is -2.15.